The highest BCUT2D eigenvalue weighted by Gasteiger charge is 2.05. The number of amides is 1. The monoisotopic (exact) mass is 330 g/mol. The fraction of sp³-hybridized carbons (Fsp3) is 0.118. The number of rotatable bonds is 7. The Morgan fingerprint density at radius 3 is 2.58 bits per heavy atom. The number of para-hydroxylation sites is 1. The van der Waals surface area contributed by atoms with Gasteiger partial charge in [0.2, 0.25) is 5.91 Å². The minimum absolute atomic E-state index is 0.0643. The van der Waals surface area contributed by atoms with Crippen molar-refractivity contribution in [1.82, 2.24) is 5.43 Å². The second-order valence-corrected chi connectivity index (χ2v) is 4.82. The number of benzene rings is 2. The molecule has 6 nitrogen and oxygen atoms in total. The highest BCUT2D eigenvalue weighted by molar-refractivity contribution is 5.85. The summed E-state index contributed by atoms with van der Waals surface area (Å²) in [6.07, 6.45) is 1.43. The maximum atomic E-state index is 12.8. The van der Waals surface area contributed by atoms with E-state index in [2.05, 4.69) is 10.5 Å². The van der Waals surface area contributed by atoms with Crippen LogP contribution in [0.1, 0.15) is 11.1 Å². The van der Waals surface area contributed by atoms with E-state index in [1.54, 1.807) is 24.3 Å². The summed E-state index contributed by atoms with van der Waals surface area (Å²) in [5.41, 5.74) is 3.54. The number of carbonyl (C=O) groups excluding carboxylic acids is 1. The molecular weight excluding hydrogens is 315 g/mol. The molecule has 7 heteroatoms. The standard InChI is InChI=1S/C17H15FN2O4/c18-14-7-5-12(6-8-14)9-16(21)20-19-10-13-3-1-2-4-15(13)24-11-17(22)23/h1-8,10H,9,11H2,(H,20,21)(H,22,23). The van der Waals surface area contributed by atoms with E-state index in [1.165, 1.54) is 30.5 Å². The van der Waals surface area contributed by atoms with Gasteiger partial charge in [-0.25, -0.2) is 14.6 Å². The van der Waals surface area contributed by atoms with Crippen LogP contribution in [0, 0.1) is 5.82 Å². The normalized spacial score (nSPS) is 10.5. The van der Waals surface area contributed by atoms with E-state index in [9.17, 15) is 14.0 Å². The first-order valence-corrected chi connectivity index (χ1v) is 7.04. The number of hydrogen-bond donors (Lipinski definition) is 2. The lowest BCUT2D eigenvalue weighted by Gasteiger charge is -2.06. The zero-order valence-electron chi connectivity index (χ0n) is 12.6. The van der Waals surface area contributed by atoms with Gasteiger partial charge in [-0.05, 0) is 29.8 Å². The molecule has 0 aromatic heterocycles. The third-order valence-corrected chi connectivity index (χ3v) is 2.94. The van der Waals surface area contributed by atoms with Crippen LogP contribution < -0.4 is 10.2 Å². The van der Waals surface area contributed by atoms with E-state index in [1.807, 2.05) is 0 Å². The molecule has 0 fully saturated rings. The van der Waals surface area contributed by atoms with Crippen molar-refractivity contribution in [2.75, 3.05) is 6.61 Å². The van der Waals surface area contributed by atoms with Crippen molar-refractivity contribution in [3.63, 3.8) is 0 Å². The smallest absolute Gasteiger partial charge is 0.341 e. The van der Waals surface area contributed by atoms with Crippen LogP contribution in [0.25, 0.3) is 0 Å². The lowest BCUT2D eigenvalue weighted by molar-refractivity contribution is -0.139. The number of carboxylic acid groups (broad SMARTS) is 1. The summed E-state index contributed by atoms with van der Waals surface area (Å²) in [4.78, 5) is 22.3. The zero-order valence-corrected chi connectivity index (χ0v) is 12.6. The molecule has 0 heterocycles. The summed E-state index contributed by atoms with van der Waals surface area (Å²) >= 11 is 0. The number of hydrazone groups is 1. The van der Waals surface area contributed by atoms with Gasteiger partial charge < -0.3 is 9.84 Å². The summed E-state index contributed by atoms with van der Waals surface area (Å²) < 4.78 is 17.9. The van der Waals surface area contributed by atoms with E-state index >= 15 is 0 Å². The zero-order chi connectivity index (χ0) is 17.4. The van der Waals surface area contributed by atoms with Crippen LogP contribution in [-0.2, 0) is 16.0 Å². The summed E-state index contributed by atoms with van der Waals surface area (Å²) in [5, 5.41) is 12.4. The minimum atomic E-state index is -1.09. The molecular formula is C17H15FN2O4. The second kappa shape index (κ2) is 8.42. The van der Waals surface area contributed by atoms with Gasteiger partial charge in [-0.15, -0.1) is 0 Å². The van der Waals surface area contributed by atoms with Crippen LogP contribution in [0.5, 0.6) is 5.75 Å². The first-order valence-electron chi connectivity index (χ1n) is 7.04. The highest BCUT2D eigenvalue weighted by atomic mass is 19.1. The summed E-state index contributed by atoms with van der Waals surface area (Å²) in [7, 11) is 0. The van der Waals surface area contributed by atoms with Crippen molar-refractivity contribution >= 4 is 18.1 Å². The lowest BCUT2D eigenvalue weighted by Crippen LogP contribution is -2.19. The molecule has 24 heavy (non-hydrogen) atoms. The van der Waals surface area contributed by atoms with Gasteiger partial charge in [-0.1, -0.05) is 24.3 Å². The minimum Gasteiger partial charge on any atom is -0.481 e. The Hall–Kier alpha value is -3.22. The Balaban J connectivity index is 1.92. The van der Waals surface area contributed by atoms with Gasteiger partial charge in [0.1, 0.15) is 11.6 Å². The number of carbonyl (C=O) groups is 2. The summed E-state index contributed by atoms with van der Waals surface area (Å²) in [6, 6.07) is 12.3. The molecule has 2 rings (SSSR count). The Kier molecular flexibility index (Phi) is 6.01. The number of halogens is 1. The largest absolute Gasteiger partial charge is 0.481 e. The maximum absolute atomic E-state index is 12.8. The number of hydrogen-bond acceptors (Lipinski definition) is 4. The van der Waals surface area contributed by atoms with Crippen LogP contribution in [0.15, 0.2) is 53.6 Å². The summed E-state index contributed by atoms with van der Waals surface area (Å²) in [6.45, 7) is -0.470. The quantitative estimate of drug-likeness (QED) is 0.600. The van der Waals surface area contributed by atoms with Crippen LogP contribution in [0.2, 0.25) is 0 Å². The highest BCUT2D eigenvalue weighted by Crippen LogP contribution is 2.15. The molecule has 0 aliphatic rings. The molecule has 2 aromatic rings. The Morgan fingerprint density at radius 1 is 1.17 bits per heavy atom. The Morgan fingerprint density at radius 2 is 1.88 bits per heavy atom. The Bertz CT molecular complexity index is 745. The molecule has 0 bridgehead atoms. The van der Waals surface area contributed by atoms with Gasteiger partial charge in [0, 0.05) is 5.56 Å². The third kappa shape index (κ3) is 5.53. The van der Waals surface area contributed by atoms with Gasteiger partial charge in [0.25, 0.3) is 0 Å². The maximum Gasteiger partial charge on any atom is 0.341 e. The molecule has 0 radical (unpaired) electrons. The topological polar surface area (TPSA) is 88.0 Å². The molecule has 0 aliphatic carbocycles. The van der Waals surface area contributed by atoms with Crippen LogP contribution in [0.4, 0.5) is 4.39 Å². The number of nitrogens with zero attached hydrogens (tertiary/aromatic N) is 1. The van der Waals surface area contributed by atoms with Crippen LogP contribution >= 0.6 is 0 Å². The SMILES string of the molecule is O=C(O)COc1ccccc1C=NNC(=O)Cc1ccc(F)cc1. The average molecular weight is 330 g/mol. The number of aliphatic carboxylic acids is 1. The van der Waals surface area contributed by atoms with Crippen molar-refractivity contribution in [1.29, 1.82) is 0 Å². The van der Waals surface area contributed by atoms with Gasteiger partial charge in [0.05, 0.1) is 12.6 Å². The fourth-order valence-corrected chi connectivity index (χ4v) is 1.86. The predicted octanol–water partition coefficient (Wildman–Crippen LogP) is 1.98. The van der Waals surface area contributed by atoms with Gasteiger partial charge in [0.15, 0.2) is 6.61 Å². The van der Waals surface area contributed by atoms with Crippen LogP contribution in [-0.4, -0.2) is 29.8 Å². The van der Waals surface area contributed by atoms with Gasteiger partial charge in [-0.2, -0.15) is 5.10 Å². The van der Waals surface area contributed by atoms with Crippen molar-refractivity contribution in [3.05, 3.63) is 65.5 Å². The fourth-order valence-electron chi connectivity index (χ4n) is 1.86. The van der Waals surface area contributed by atoms with E-state index < -0.39 is 12.6 Å². The third-order valence-electron chi connectivity index (χ3n) is 2.94. The molecule has 1 amide bonds. The van der Waals surface area contributed by atoms with E-state index in [4.69, 9.17) is 9.84 Å². The van der Waals surface area contributed by atoms with E-state index in [-0.39, 0.29) is 18.1 Å². The Labute approximate surface area is 137 Å². The van der Waals surface area contributed by atoms with Crippen molar-refractivity contribution in [2.45, 2.75) is 6.42 Å². The first kappa shape index (κ1) is 17.1. The van der Waals surface area contributed by atoms with Crippen molar-refractivity contribution in [2.24, 2.45) is 5.10 Å². The molecule has 0 aliphatic heterocycles. The van der Waals surface area contributed by atoms with Crippen LogP contribution in [0.3, 0.4) is 0 Å². The molecule has 0 spiro atoms. The predicted molar refractivity (Wildman–Crippen MR) is 85.4 cm³/mol. The van der Waals surface area contributed by atoms with Gasteiger partial charge in [-0.3, -0.25) is 4.79 Å². The van der Waals surface area contributed by atoms with E-state index in [0.29, 0.717) is 16.9 Å². The van der Waals surface area contributed by atoms with Crippen molar-refractivity contribution < 1.29 is 23.8 Å². The molecule has 0 saturated heterocycles. The lowest BCUT2D eigenvalue weighted by atomic mass is 10.1. The summed E-state index contributed by atoms with van der Waals surface area (Å²) in [5.74, 6) is -1.47. The second-order valence-electron chi connectivity index (χ2n) is 4.82. The van der Waals surface area contributed by atoms with E-state index in [0.717, 1.165) is 0 Å². The molecule has 2 N–H and O–H groups in total. The molecule has 0 saturated carbocycles. The molecule has 124 valence electrons. The van der Waals surface area contributed by atoms with Gasteiger partial charge >= 0.3 is 5.97 Å². The average Bonchev–Trinajstić information content (AvgIpc) is 2.56. The molecule has 2 aromatic carbocycles. The molecule has 0 atom stereocenters. The van der Waals surface area contributed by atoms with Crippen molar-refractivity contribution in [3.8, 4) is 5.75 Å². The molecule has 0 unspecified atom stereocenters. The number of nitrogens with one attached hydrogen (secondary N) is 1. The number of carboxylic acids is 1. The first-order chi connectivity index (χ1) is 11.5. The number of ether oxygens (including phenoxy) is 1.